The second-order valence-electron chi connectivity index (χ2n) is 3.86. The largest absolute Gasteiger partial charge is 0.381 e. The van der Waals surface area contributed by atoms with Crippen LogP contribution in [0.25, 0.3) is 0 Å². The molecule has 0 spiro atoms. The summed E-state index contributed by atoms with van der Waals surface area (Å²) in [5, 5.41) is 0. The van der Waals surface area contributed by atoms with Crippen LogP contribution in [0.5, 0.6) is 0 Å². The average Bonchev–Trinajstić information content (AvgIpc) is 2.45. The first-order chi connectivity index (χ1) is 5.29. The van der Waals surface area contributed by atoms with E-state index in [2.05, 4.69) is 13.8 Å². The average molecular weight is 156 g/mol. The molecule has 0 amide bonds. The quantitative estimate of drug-likeness (QED) is 0.526. The van der Waals surface area contributed by atoms with Gasteiger partial charge < -0.3 is 9.47 Å². The van der Waals surface area contributed by atoms with Crippen molar-refractivity contribution in [2.45, 2.75) is 20.0 Å². The topological polar surface area (TPSA) is 18.5 Å². The van der Waals surface area contributed by atoms with Crippen molar-refractivity contribution in [1.82, 2.24) is 0 Å². The van der Waals surface area contributed by atoms with E-state index in [-0.39, 0.29) is 0 Å². The van der Waals surface area contributed by atoms with Crippen LogP contribution in [-0.2, 0) is 9.47 Å². The molecule has 0 aromatic heterocycles. The van der Waals surface area contributed by atoms with Crippen molar-refractivity contribution >= 4 is 0 Å². The van der Waals surface area contributed by atoms with E-state index in [1.54, 1.807) is 0 Å². The van der Waals surface area contributed by atoms with E-state index < -0.39 is 0 Å². The second kappa shape index (κ2) is 2.76. The SMILES string of the molecule is C[C@@H]1C2COCC2CO[C@@H]1C. The molecule has 0 aromatic carbocycles. The first-order valence-electron chi connectivity index (χ1n) is 4.48. The molecule has 2 heteroatoms. The lowest BCUT2D eigenvalue weighted by molar-refractivity contribution is -0.0603. The number of hydrogen-bond acceptors (Lipinski definition) is 2. The molecule has 0 N–H and O–H groups in total. The van der Waals surface area contributed by atoms with Crippen LogP contribution in [-0.4, -0.2) is 25.9 Å². The van der Waals surface area contributed by atoms with Gasteiger partial charge in [-0.25, -0.2) is 0 Å². The minimum Gasteiger partial charge on any atom is -0.381 e. The van der Waals surface area contributed by atoms with Gasteiger partial charge in [0, 0.05) is 5.92 Å². The maximum absolute atomic E-state index is 5.62. The zero-order valence-corrected chi connectivity index (χ0v) is 7.25. The molecule has 0 aliphatic carbocycles. The third-order valence-corrected chi connectivity index (χ3v) is 3.24. The van der Waals surface area contributed by atoms with Crippen molar-refractivity contribution < 1.29 is 9.47 Å². The van der Waals surface area contributed by atoms with Crippen LogP contribution in [0.15, 0.2) is 0 Å². The highest BCUT2D eigenvalue weighted by Crippen LogP contribution is 2.35. The van der Waals surface area contributed by atoms with E-state index in [9.17, 15) is 0 Å². The van der Waals surface area contributed by atoms with Gasteiger partial charge in [0.15, 0.2) is 0 Å². The second-order valence-corrected chi connectivity index (χ2v) is 3.86. The van der Waals surface area contributed by atoms with Gasteiger partial charge in [0.25, 0.3) is 0 Å². The standard InChI is InChI=1S/C9H16O2/c1-6-7(2)11-4-8-3-10-5-9(6)8/h6-9H,3-5H2,1-2H3/t6-,7+,8?,9?/m0/s1. The molecule has 2 aliphatic rings. The van der Waals surface area contributed by atoms with Gasteiger partial charge in [0.05, 0.1) is 25.9 Å². The minimum absolute atomic E-state index is 0.429. The van der Waals surface area contributed by atoms with Gasteiger partial charge in [-0.2, -0.15) is 0 Å². The fourth-order valence-electron chi connectivity index (χ4n) is 2.14. The van der Waals surface area contributed by atoms with Crippen LogP contribution in [0, 0.1) is 17.8 Å². The Labute approximate surface area is 67.9 Å². The van der Waals surface area contributed by atoms with Crippen LogP contribution in [0.2, 0.25) is 0 Å². The Morgan fingerprint density at radius 3 is 2.73 bits per heavy atom. The summed E-state index contributed by atoms with van der Waals surface area (Å²) in [6, 6.07) is 0. The lowest BCUT2D eigenvalue weighted by Gasteiger charge is -2.35. The minimum atomic E-state index is 0.429. The first-order valence-corrected chi connectivity index (χ1v) is 4.48. The summed E-state index contributed by atoms with van der Waals surface area (Å²) in [4.78, 5) is 0. The normalized spacial score (nSPS) is 50.7. The van der Waals surface area contributed by atoms with E-state index >= 15 is 0 Å². The van der Waals surface area contributed by atoms with E-state index in [1.165, 1.54) is 0 Å². The van der Waals surface area contributed by atoms with Crippen LogP contribution >= 0.6 is 0 Å². The molecule has 2 heterocycles. The third-order valence-electron chi connectivity index (χ3n) is 3.24. The molecule has 0 aromatic rings. The number of rotatable bonds is 0. The van der Waals surface area contributed by atoms with Crippen molar-refractivity contribution in [3.8, 4) is 0 Å². The predicted octanol–water partition coefficient (Wildman–Crippen LogP) is 1.30. The highest BCUT2D eigenvalue weighted by atomic mass is 16.5. The smallest absolute Gasteiger partial charge is 0.0576 e. The molecule has 0 radical (unpaired) electrons. The van der Waals surface area contributed by atoms with Crippen molar-refractivity contribution in [2.24, 2.45) is 17.8 Å². The van der Waals surface area contributed by atoms with Crippen LogP contribution in [0.4, 0.5) is 0 Å². The summed E-state index contributed by atoms with van der Waals surface area (Å²) < 4.78 is 11.1. The fourth-order valence-corrected chi connectivity index (χ4v) is 2.14. The predicted molar refractivity (Wildman–Crippen MR) is 42.4 cm³/mol. The van der Waals surface area contributed by atoms with Gasteiger partial charge in [-0.3, -0.25) is 0 Å². The lowest BCUT2D eigenvalue weighted by Crippen LogP contribution is -2.38. The van der Waals surface area contributed by atoms with Crippen molar-refractivity contribution in [3.63, 3.8) is 0 Å². The first kappa shape index (κ1) is 7.56. The highest BCUT2D eigenvalue weighted by molar-refractivity contribution is 4.85. The van der Waals surface area contributed by atoms with E-state index in [4.69, 9.17) is 9.47 Å². The van der Waals surface area contributed by atoms with Crippen LogP contribution in [0.3, 0.4) is 0 Å². The van der Waals surface area contributed by atoms with E-state index in [0.717, 1.165) is 25.7 Å². The molecule has 64 valence electrons. The summed E-state index contributed by atoms with van der Waals surface area (Å²) in [7, 11) is 0. The Balaban J connectivity index is 2.06. The van der Waals surface area contributed by atoms with Crippen molar-refractivity contribution in [3.05, 3.63) is 0 Å². The van der Waals surface area contributed by atoms with Crippen LogP contribution in [0.1, 0.15) is 13.8 Å². The zero-order chi connectivity index (χ0) is 7.84. The fraction of sp³-hybridized carbons (Fsp3) is 1.00. The molecular formula is C9H16O2. The Hall–Kier alpha value is -0.0800. The molecule has 2 unspecified atom stereocenters. The number of ether oxygens (including phenoxy) is 2. The Morgan fingerprint density at radius 1 is 1.09 bits per heavy atom. The van der Waals surface area contributed by atoms with Gasteiger partial charge in [-0.05, 0) is 18.8 Å². The zero-order valence-electron chi connectivity index (χ0n) is 7.25. The molecule has 2 aliphatic heterocycles. The molecule has 11 heavy (non-hydrogen) atoms. The molecule has 2 nitrogen and oxygen atoms in total. The maximum Gasteiger partial charge on any atom is 0.0576 e. The molecule has 0 saturated carbocycles. The van der Waals surface area contributed by atoms with Gasteiger partial charge in [0.2, 0.25) is 0 Å². The van der Waals surface area contributed by atoms with Gasteiger partial charge in [-0.1, -0.05) is 6.92 Å². The molecule has 2 saturated heterocycles. The molecule has 2 fully saturated rings. The van der Waals surface area contributed by atoms with Crippen LogP contribution < -0.4 is 0 Å². The summed E-state index contributed by atoms with van der Waals surface area (Å²) in [6.45, 7) is 7.23. The molecule has 4 atom stereocenters. The number of fused-ring (bicyclic) bond motifs is 1. The highest BCUT2D eigenvalue weighted by Gasteiger charge is 2.39. The van der Waals surface area contributed by atoms with E-state index in [1.807, 2.05) is 0 Å². The molecule has 2 rings (SSSR count). The lowest BCUT2D eigenvalue weighted by atomic mass is 9.80. The maximum atomic E-state index is 5.62. The van der Waals surface area contributed by atoms with Gasteiger partial charge in [0.1, 0.15) is 0 Å². The summed E-state index contributed by atoms with van der Waals surface area (Å²) in [6.07, 6.45) is 0.429. The molecule has 0 bridgehead atoms. The summed E-state index contributed by atoms with van der Waals surface area (Å²) >= 11 is 0. The van der Waals surface area contributed by atoms with Crippen molar-refractivity contribution in [2.75, 3.05) is 19.8 Å². The third kappa shape index (κ3) is 1.18. The summed E-state index contributed by atoms with van der Waals surface area (Å²) in [5.41, 5.74) is 0. The summed E-state index contributed by atoms with van der Waals surface area (Å²) in [5.74, 6) is 2.12. The van der Waals surface area contributed by atoms with E-state index in [0.29, 0.717) is 17.9 Å². The van der Waals surface area contributed by atoms with Gasteiger partial charge >= 0.3 is 0 Å². The Kier molecular flexibility index (Phi) is 1.90. The number of hydrogen-bond donors (Lipinski definition) is 0. The van der Waals surface area contributed by atoms with Gasteiger partial charge in [-0.15, -0.1) is 0 Å². The monoisotopic (exact) mass is 156 g/mol. The Morgan fingerprint density at radius 2 is 1.91 bits per heavy atom. The van der Waals surface area contributed by atoms with Crippen molar-refractivity contribution in [1.29, 1.82) is 0 Å². The Bertz CT molecular complexity index is 146. The molecular weight excluding hydrogens is 140 g/mol.